The first-order chi connectivity index (χ1) is 14.8. The van der Waals surface area contributed by atoms with Crippen LogP contribution in [-0.4, -0.2) is 60.5 Å². The molecule has 7 nitrogen and oxygen atoms in total. The molecule has 4 rings (SSSR count). The van der Waals surface area contributed by atoms with Crippen LogP contribution < -0.4 is 20.4 Å². The zero-order valence-corrected chi connectivity index (χ0v) is 18.9. The number of anilines is 3. The molecule has 1 aromatic rings. The molecule has 0 aliphatic carbocycles. The third-order valence-corrected chi connectivity index (χ3v) is 6.55. The van der Waals surface area contributed by atoms with Crippen LogP contribution in [0.2, 0.25) is 0 Å². The van der Waals surface area contributed by atoms with Crippen LogP contribution in [0, 0.1) is 0 Å². The van der Waals surface area contributed by atoms with Crippen LogP contribution in [0.5, 0.6) is 0 Å². The van der Waals surface area contributed by atoms with E-state index in [0.29, 0.717) is 11.1 Å². The molecule has 166 valence electrons. The fraction of sp³-hybridized carbons (Fsp3) is 0.773. The summed E-state index contributed by atoms with van der Waals surface area (Å²) in [5.41, 5.74) is 0. The average Bonchev–Trinajstić information content (AvgIpc) is 2.97. The van der Waals surface area contributed by atoms with Crippen LogP contribution in [0.15, 0.2) is 6.07 Å². The van der Waals surface area contributed by atoms with Crippen LogP contribution in [0.1, 0.15) is 64.2 Å². The van der Waals surface area contributed by atoms with E-state index in [4.69, 9.17) is 26.9 Å². The Hall–Kier alpha value is -1.67. The SMILES string of the molecule is S=C(NC[C@H]1CCCO1)Nc1nc(N2CCCCCC2)cc(N2CCCCCC2)n1. The molecule has 0 amide bonds. The molecule has 4 heterocycles. The van der Waals surface area contributed by atoms with Crippen molar-refractivity contribution in [2.45, 2.75) is 70.3 Å². The van der Waals surface area contributed by atoms with Crippen molar-refractivity contribution in [1.29, 1.82) is 0 Å². The van der Waals surface area contributed by atoms with Crippen molar-refractivity contribution in [1.82, 2.24) is 15.3 Å². The smallest absolute Gasteiger partial charge is 0.232 e. The molecule has 0 spiro atoms. The summed E-state index contributed by atoms with van der Waals surface area (Å²) in [6, 6.07) is 2.19. The van der Waals surface area contributed by atoms with Gasteiger partial charge in [-0.05, 0) is 50.7 Å². The van der Waals surface area contributed by atoms with Crippen LogP contribution in [0.4, 0.5) is 17.6 Å². The molecule has 0 aromatic carbocycles. The van der Waals surface area contributed by atoms with Crippen molar-refractivity contribution in [2.24, 2.45) is 0 Å². The van der Waals surface area contributed by atoms with Gasteiger partial charge >= 0.3 is 0 Å². The molecule has 0 bridgehead atoms. The van der Waals surface area contributed by atoms with E-state index in [2.05, 4.69) is 26.5 Å². The van der Waals surface area contributed by atoms with Crippen molar-refractivity contribution < 1.29 is 4.74 Å². The van der Waals surface area contributed by atoms with E-state index in [1.807, 2.05) is 0 Å². The quantitative estimate of drug-likeness (QED) is 0.683. The molecule has 8 heteroatoms. The lowest BCUT2D eigenvalue weighted by Crippen LogP contribution is -2.35. The molecule has 0 saturated carbocycles. The summed E-state index contributed by atoms with van der Waals surface area (Å²) in [6.07, 6.45) is 12.6. The van der Waals surface area contributed by atoms with Gasteiger partial charge in [-0.15, -0.1) is 0 Å². The molecular formula is C22H36N6OS. The number of aromatic nitrogens is 2. The van der Waals surface area contributed by atoms with Gasteiger partial charge in [0.1, 0.15) is 11.6 Å². The predicted molar refractivity (Wildman–Crippen MR) is 127 cm³/mol. The number of hydrogen-bond acceptors (Lipinski definition) is 6. The van der Waals surface area contributed by atoms with E-state index in [-0.39, 0.29) is 6.10 Å². The fourth-order valence-corrected chi connectivity index (χ4v) is 4.73. The van der Waals surface area contributed by atoms with Crippen LogP contribution in [-0.2, 0) is 4.74 Å². The molecule has 2 N–H and O–H groups in total. The van der Waals surface area contributed by atoms with Gasteiger partial charge in [0.05, 0.1) is 6.10 Å². The highest BCUT2D eigenvalue weighted by molar-refractivity contribution is 7.80. The van der Waals surface area contributed by atoms with Crippen LogP contribution >= 0.6 is 12.2 Å². The topological polar surface area (TPSA) is 65.6 Å². The first kappa shape index (κ1) is 21.6. The standard InChI is InChI=1S/C22H36N6OS/c30-22(23-17-18-10-9-15-29-18)26-21-24-19(27-11-5-1-2-6-12-27)16-20(25-21)28-13-7-3-4-8-14-28/h16,18H,1-15,17H2,(H2,23,24,25,26,30)/t18-/m1/s1. The van der Waals surface area contributed by atoms with Crippen LogP contribution in [0.3, 0.4) is 0 Å². The Balaban J connectivity index is 1.49. The largest absolute Gasteiger partial charge is 0.376 e. The van der Waals surface area contributed by atoms with Crippen molar-refractivity contribution in [3.63, 3.8) is 0 Å². The summed E-state index contributed by atoms with van der Waals surface area (Å²) in [7, 11) is 0. The number of rotatable bonds is 5. The minimum Gasteiger partial charge on any atom is -0.376 e. The number of nitrogens with zero attached hydrogens (tertiary/aromatic N) is 4. The molecule has 3 saturated heterocycles. The average molecular weight is 433 g/mol. The highest BCUT2D eigenvalue weighted by atomic mass is 32.1. The number of thiocarbonyl (C=S) groups is 1. The maximum Gasteiger partial charge on any atom is 0.232 e. The van der Waals surface area contributed by atoms with E-state index < -0.39 is 0 Å². The second-order valence-corrected chi connectivity index (χ2v) is 9.09. The summed E-state index contributed by atoms with van der Waals surface area (Å²) in [4.78, 5) is 14.6. The van der Waals surface area contributed by atoms with Gasteiger partial charge in [0, 0.05) is 45.4 Å². The fourth-order valence-electron chi connectivity index (χ4n) is 4.56. The van der Waals surface area contributed by atoms with Gasteiger partial charge in [0.15, 0.2) is 5.11 Å². The van der Waals surface area contributed by atoms with Crippen molar-refractivity contribution in [2.75, 3.05) is 54.4 Å². The summed E-state index contributed by atoms with van der Waals surface area (Å²) in [6.45, 7) is 5.85. The Morgan fingerprint density at radius 3 is 1.97 bits per heavy atom. The first-order valence-corrected chi connectivity index (χ1v) is 12.2. The molecule has 30 heavy (non-hydrogen) atoms. The Kier molecular flexibility index (Phi) is 7.97. The highest BCUT2D eigenvalue weighted by Gasteiger charge is 2.19. The maximum absolute atomic E-state index is 5.68. The van der Waals surface area contributed by atoms with Gasteiger partial charge in [0.25, 0.3) is 0 Å². The van der Waals surface area contributed by atoms with Gasteiger partial charge in [-0.1, -0.05) is 25.7 Å². The van der Waals surface area contributed by atoms with Gasteiger partial charge in [-0.25, -0.2) is 0 Å². The van der Waals surface area contributed by atoms with E-state index >= 15 is 0 Å². The zero-order chi connectivity index (χ0) is 20.6. The predicted octanol–water partition coefficient (Wildman–Crippen LogP) is 3.70. The van der Waals surface area contributed by atoms with Crippen molar-refractivity contribution in [3.05, 3.63) is 6.07 Å². The Bertz CT molecular complexity index is 642. The third kappa shape index (κ3) is 6.17. The summed E-state index contributed by atoms with van der Waals surface area (Å²) >= 11 is 5.53. The highest BCUT2D eigenvalue weighted by Crippen LogP contribution is 2.25. The molecule has 0 radical (unpaired) electrons. The lowest BCUT2D eigenvalue weighted by molar-refractivity contribution is 0.114. The minimum absolute atomic E-state index is 0.252. The van der Waals surface area contributed by atoms with Gasteiger partial charge in [-0.2, -0.15) is 9.97 Å². The Morgan fingerprint density at radius 1 is 0.900 bits per heavy atom. The minimum atomic E-state index is 0.252. The van der Waals surface area contributed by atoms with E-state index in [9.17, 15) is 0 Å². The maximum atomic E-state index is 5.68. The second-order valence-electron chi connectivity index (χ2n) is 8.68. The Labute approximate surface area is 186 Å². The van der Waals surface area contributed by atoms with E-state index in [1.165, 1.54) is 51.4 Å². The Morgan fingerprint density at radius 2 is 1.47 bits per heavy atom. The van der Waals surface area contributed by atoms with E-state index in [1.54, 1.807) is 0 Å². The van der Waals surface area contributed by atoms with Crippen molar-refractivity contribution >= 4 is 34.9 Å². The third-order valence-electron chi connectivity index (χ3n) is 6.30. The molecule has 3 fully saturated rings. The number of hydrogen-bond donors (Lipinski definition) is 2. The summed E-state index contributed by atoms with van der Waals surface area (Å²) in [5, 5.41) is 7.09. The van der Waals surface area contributed by atoms with Gasteiger partial charge in [-0.3, -0.25) is 0 Å². The first-order valence-electron chi connectivity index (χ1n) is 11.8. The molecular weight excluding hydrogens is 396 g/mol. The lowest BCUT2D eigenvalue weighted by Gasteiger charge is -2.26. The zero-order valence-electron chi connectivity index (χ0n) is 18.1. The van der Waals surface area contributed by atoms with Gasteiger partial charge in [0.2, 0.25) is 5.95 Å². The van der Waals surface area contributed by atoms with Crippen molar-refractivity contribution in [3.8, 4) is 0 Å². The number of ether oxygens (including phenoxy) is 1. The summed E-state index contributed by atoms with van der Waals surface area (Å²) < 4.78 is 5.68. The number of nitrogens with one attached hydrogen (secondary N) is 2. The van der Waals surface area contributed by atoms with E-state index in [0.717, 1.165) is 63.8 Å². The second kappa shape index (κ2) is 11.1. The van der Waals surface area contributed by atoms with Crippen LogP contribution in [0.25, 0.3) is 0 Å². The lowest BCUT2D eigenvalue weighted by atomic mass is 10.2. The monoisotopic (exact) mass is 432 g/mol. The molecule has 1 atom stereocenters. The molecule has 0 unspecified atom stereocenters. The molecule has 1 aromatic heterocycles. The summed E-state index contributed by atoms with van der Waals surface area (Å²) in [5.74, 6) is 2.65. The normalized spacial score (nSPS) is 23.0. The molecule has 3 aliphatic rings. The van der Waals surface area contributed by atoms with Gasteiger partial charge < -0.3 is 25.2 Å². The molecule has 3 aliphatic heterocycles.